The van der Waals surface area contributed by atoms with Crippen LogP contribution in [-0.4, -0.2) is 13.1 Å². The maximum Gasteiger partial charge on any atom is 0.337 e. The molecule has 15 heavy (non-hydrogen) atoms. The van der Waals surface area contributed by atoms with Crippen LogP contribution >= 0.6 is 0 Å². The summed E-state index contributed by atoms with van der Waals surface area (Å²) < 4.78 is 17.7. The molecule has 0 saturated carbocycles. The van der Waals surface area contributed by atoms with Gasteiger partial charge in [0, 0.05) is 0 Å². The highest BCUT2D eigenvalue weighted by atomic mass is 19.1. The maximum absolute atomic E-state index is 13.2. The number of hydrogen-bond acceptors (Lipinski definition) is 2. The molecule has 1 aromatic carbocycles. The van der Waals surface area contributed by atoms with Crippen molar-refractivity contribution in [1.29, 1.82) is 0 Å². The molecule has 0 amide bonds. The van der Waals surface area contributed by atoms with E-state index in [1.807, 2.05) is 6.92 Å². The van der Waals surface area contributed by atoms with Gasteiger partial charge in [-0.05, 0) is 35.8 Å². The Labute approximate surface area is 88.4 Å². The number of rotatable bonds is 3. The first-order chi connectivity index (χ1) is 7.08. The van der Waals surface area contributed by atoms with Crippen molar-refractivity contribution in [2.75, 3.05) is 7.11 Å². The Hall–Kier alpha value is -1.64. The number of allylic oxidation sites excluding steroid dienone is 1. The smallest absolute Gasteiger partial charge is 0.337 e. The molecule has 0 aliphatic rings. The number of methoxy groups -OCH3 is 1. The van der Waals surface area contributed by atoms with Crippen LogP contribution < -0.4 is 0 Å². The first kappa shape index (κ1) is 11.4. The van der Waals surface area contributed by atoms with Crippen molar-refractivity contribution >= 4 is 11.5 Å². The van der Waals surface area contributed by atoms with E-state index >= 15 is 0 Å². The Morgan fingerprint density at radius 1 is 1.40 bits per heavy atom. The molecular formula is C12H13FO2. The summed E-state index contributed by atoms with van der Waals surface area (Å²) in [5.74, 6) is -0.998. The van der Waals surface area contributed by atoms with Crippen LogP contribution in [0.15, 0.2) is 24.8 Å². The number of carbonyl (C=O) groups is 1. The van der Waals surface area contributed by atoms with Crippen LogP contribution in [0.25, 0.3) is 5.57 Å². The summed E-state index contributed by atoms with van der Waals surface area (Å²) >= 11 is 0. The Kier molecular flexibility index (Phi) is 3.61. The SMILES string of the molecule is C=C(CC)c1cc(F)cc(C(=O)OC)c1. The average molecular weight is 208 g/mol. The van der Waals surface area contributed by atoms with Gasteiger partial charge < -0.3 is 4.74 Å². The second-order valence-electron chi connectivity index (χ2n) is 3.18. The average Bonchev–Trinajstić information content (AvgIpc) is 2.26. The van der Waals surface area contributed by atoms with Gasteiger partial charge in [0.15, 0.2) is 0 Å². The van der Waals surface area contributed by atoms with Crippen molar-refractivity contribution in [3.8, 4) is 0 Å². The van der Waals surface area contributed by atoms with Gasteiger partial charge in [-0.15, -0.1) is 0 Å². The summed E-state index contributed by atoms with van der Waals surface area (Å²) in [5, 5.41) is 0. The largest absolute Gasteiger partial charge is 0.465 e. The summed E-state index contributed by atoms with van der Waals surface area (Å²) in [6.07, 6.45) is 0.712. The quantitative estimate of drug-likeness (QED) is 0.713. The van der Waals surface area contributed by atoms with E-state index in [0.717, 1.165) is 11.6 Å². The fourth-order valence-corrected chi connectivity index (χ4v) is 1.23. The van der Waals surface area contributed by atoms with Crippen LogP contribution in [0.2, 0.25) is 0 Å². The fourth-order valence-electron chi connectivity index (χ4n) is 1.23. The molecule has 0 spiro atoms. The van der Waals surface area contributed by atoms with E-state index in [1.54, 1.807) is 6.07 Å². The Balaban J connectivity index is 3.16. The van der Waals surface area contributed by atoms with Crippen LogP contribution in [0.5, 0.6) is 0 Å². The molecule has 0 bridgehead atoms. The zero-order valence-corrected chi connectivity index (χ0v) is 8.84. The minimum Gasteiger partial charge on any atom is -0.465 e. The van der Waals surface area contributed by atoms with Crippen LogP contribution in [0.3, 0.4) is 0 Å². The summed E-state index contributed by atoms with van der Waals surface area (Å²) in [4.78, 5) is 11.2. The van der Waals surface area contributed by atoms with E-state index in [0.29, 0.717) is 12.0 Å². The highest BCUT2D eigenvalue weighted by Crippen LogP contribution is 2.19. The standard InChI is InChI=1S/C12H13FO2/c1-4-8(2)9-5-10(12(14)15-3)7-11(13)6-9/h5-7H,2,4H2,1,3H3. The summed E-state index contributed by atoms with van der Waals surface area (Å²) in [6.45, 7) is 5.71. The third-order valence-electron chi connectivity index (χ3n) is 2.15. The monoisotopic (exact) mass is 208 g/mol. The van der Waals surface area contributed by atoms with Crippen molar-refractivity contribution < 1.29 is 13.9 Å². The van der Waals surface area contributed by atoms with Crippen molar-refractivity contribution in [2.45, 2.75) is 13.3 Å². The number of ether oxygens (including phenoxy) is 1. The Morgan fingerprint density at radius 3 is 2.53 bits per heavy atom. The van der Waals surface area contributed by atoms with Gasteiger partial charge in [-0.1, -0.05) is 13.5 Å². The van der Waals surface area contributed by atoms with Gasteiger partial charge >= 0.3 is 5.97 Å². The second-order valence-corrected chi connectivity index (χ2v) is 3.18. The molecule has 2 nitrogen and oxygen atoms in total. The van der Waals surface area contributed by atoms with Crippen LogP contribution in [-0.2, 0) is 4.74 Å². The minimum atomic E-state index is -0.542. The lowest BCUT2D eigenvalue weighted by Crippen LogP contribution is -2.02. The predicted molar refractivity (Wildman–Crippen MR) is 57.1 cm³/mol. The third kappa shape index (κ3) is 2.65. The number of halogens is 1. The molecule has 0 radical (unpaired) electrons. The molecule has 0 aliphatic heterocycles. The molecule has 0 aromatic heterocycles. The fraction of sp³-hybridized carbons (Fsp3) is 0.250. The molecule has 0 fully saturated rings. The zero-order chi connectivity index (χ0) is 11.4. The first-order valence-electron chi connectivity index (χ1n) is 4.65. The molecule has 3 heteroatoms. The lowest BCUT2D eigenvalue weighted by molar-refractivity contribution is 0.0600. The van der Waals surface area contributed by atoms with Crippen LogP contribution in [0.4, 0.5) is 4.39 Å². The van der Waals surface area contributed by atoms with E-state index in [2.05, 4.69) is 11.3 Å². The summed E-state index contributed by atoms with van der Waals surface area (Å²) in [7, 11) is 1.27. The highest BCUT2D eigenvalue weighted by Gasteiger charge is 2.09. The lowest BCUT2D eigenvalue weighted by Gasteiger charge is -2.05. The van der Waals surface area contributed by atoms with E-state index in [1.165, 1.54) is 13.2 Å². The number of carbonyl (C=O) groups excluding carboxylic acids is 1. The van der Waals surface area contributed by atoms with Gasteiger partial charge in [-0.2, -0.15) is 0 Å². The molecule has 0 heterocycles. The van der Waals surface area contributed by atoms with Gasteiger partial charge in [0.05, 0.1) is 12.7 Å². The molecule has 0 atom stereocenters. The van der Waals surface area contributed by atoms with Crippen LogP contribution in [0, 0.1) is 5.82 Å². The maximum atomic E-state index is 13.2. The molecular weight excluding hydrogens is 195 g/mol. The van der Waals surface area contributed by atoms with Crippen molar-refractivity contribution in [1.82, 2.24) is 0 Å². The number of hydrogen-bond donors (Lipinski definition) is 0. The highest BCUT2D eigenvalue weighted by molar-refractivity contribution is 5.90. The van der Waals surface area contributed by atoms with Gasteiger partial charge in [-0.25, -0.2) is 9.18 Å². The molecule has 1 rings (SSSR count). The number of esters is 1. The third-order valence-corrected chi connectivity index (χ3v) is 2.15. The van der Waals surface area contributed by atoms with E-state index in [4.69, 9.17) is 0 Å². The van der Waals surface area contributed by atoms with E-state index < -0.39 is 11.8 Å². The molecule has 0 unspecified atom stereocenters. The minimum absolute atomic E-state index is 0.210. The van der Waals surface area contributed by atoms with Gasteiger partial charge in [-0.3, -0.25) is 0 Å². The van der Waals surface area contributed by atoms with Gasteiger partial charge in [0.2, 0.25) is 0 Å². The normalized spacial score (nSPS) is 9.80. The Bertz CT molecular complexity index is 362. The topological polar surface area (TPSA) is 26.3 Å². The summed E-state index contributed by atoms with van der Waals surface area (Å²) in [5.41, 5.74) is 1.64. The summed E-state index contributed by atoms with van der Waals surface area (Å²) in [6, 6.07) is 4.09. The second kappa shape index (κ2) is 4.73. The van der Waals surface area contributed by atoms with Crippen molar-refractivity contribution in [3.05, 3.63) is 41.7 Å². The molecule has 0 aliphatic carbocycles. The lowest BCUT2D eigenvalue weighted by atomic mass is 10.0. The molecule has 0 saturated heterocycles. The van der Waals surface area contributed by atoms with Crippen molar-refractivity contribution in [3.63, 3.8) is 0 Å². The van der Waals surface area contributed by atoms with Crippen molar-refractivity contribution in [2.24, 2.45) is 0 Å². The van der Waals surface area contributed by atoms with Gasteiger partial charge in [0.1, 0.15) is 5.82 Å². The zero-order valence-electron chi connectivity index (χ0n) is 8.84. The van der Waals surface area contributed by atoms with E-state index in [9.17, 15) is 9.18 Å². The first-order valence-corrected chi connectivity index (χ1v) is 4.65. The Morgan fingerprint density at radius 2 is 2.00 bits per heavy atom. The molecule has 0 N–H and O–H groups in total. The van der Waals surface area contributed by atoms with E-state index in [-0.39, 0.29) is 5.56 Å². The predicted octanol–water partition coefficient (Wildman–Crippen LogP) is 3.04. The van der Waals surface area contributed by atoms with Crippen LogP contribution in [0.1, 0.15) is 29.3 Å². The number of benzene rings is 1. The van der Waals surface area contributed by atoms with Gasteiger partial charge in [0.25, 0.3) is 0 Å². The molecule has 80 valence electrons. The molecule has 1 aromatic rings.